The van der Waals surface area contributed by atoms with Gasteiger partial charge in [0.1, 0.15) is 18.4 Å². The van der Waals surface area contributed by atoms with E-state index >= 15 is 0 Å². The monoisotopic (exact) mass is 348 g/mol. The summed E-state index contributed by atoms with van der Waals surface area (Å²) < 4.78 is 6.06. The fraction of sp³-hybridized carbons (Fsp3) is 0.312. The van der Waals surface area contributed by atoms with E-state index in [1.807, 2.05) is 12.1 Å². The lowest BCUT2D eigenvalue weighted by molar-refractivity contribution is -0.141. The Bertz CT molecular complexity index is 744. The minimum Gasteiger partial charge on any atom is -0.468 e. The Balaban J connectivity index is 1.63. The largest absolute Gasteiger partial charge is 0.468 e. The van der Waals surface area contributed by atoms with Crippen LogP contribution in [-0.2, 0) is 20.9 Å². The number of nitrogens with zero attached hydrogens (tertiary/aromatic N) is 3. The number of esters is 1. The van der Waals surface area contributed by atoms with Gasteiger partial charge in [0, 0.05) is 29.5 Å². The molecule has 1 N–H and O–H groups in total. The number of halogens is 1. The van der Waals surface area contributed by atoms with Crippen molar-refractivity contribution >= 4 is 35.0 Å². The van der Waals surface area contributed by atoms with Crippen LogP contribution >= 0.6 is 11.6 Å². The number of benzene rings is 1. The number of aromatic nitrogens is 2. The lowest BCUT2D eigenvalue weighted by Crippen LogP contribution is -2.33. The molecule has 0 aliphatic carbocycles. The van der Waals surface area contributed by atoms with Crippen molar-refractivity contribution in [3.63, 3.8) is 0 Å². The van der Waals surface area contributed by atoms with Crippen LogP contribution in [0.15, 0.2) is 36.5 Å². The maximum atomic E-state index is 12.5. The smallest absolute Gasteiger partial charge is 0.327 e. The number of hydrogen-bond acceptors (Lipinski definition) is 5. The van der Waals surface area contributed by atoms with Crippen molar-refractivity contribution in [3.05, 3.63) is 41.6 Å². The molecule has 0 radical (unpaired) electrons. The third kappa shape index (κ3) is 3.51. The summed E-state index contributed by atoms with van der Waals surface area (Å²) in [4.78, 5) is 25.5. The van der Waals surface area contributed by atoms with E-state index < -0.39 is 0 Å². The highest BCUT2D eigenvalue weighted by Crippen LogP contribution is 2.24. The standard InChI is InChI=1S/C16H17ClN4O3/c1-24-15(22)10-20-8-7-14(19-20)18-13-6-9-21(16(13)23)12-4-2-11(17)3-5-12/h2-5,7-8,13H,6,9-10H2,1H3,(H,18,19). The molecule has 0 saturated carbocycles. The number of methoxy groups -OCH3 is 1. The highest BCUT2D eigenvalue weighted by Gasteiger charge is 2.32. The van der Waals surface area contributed by atoms with Crippen LogP contribution in [0.1, 0.15) is 6.42 Å². The second-order valence-corrected chi connectivity index (χ2v) is 5.86. The van der Waals surface area contributed by atoms with Gasteiger partial charge in [-0.2, -0.15) is 5.10 Å². The third-order valence-corrected chi connectivity index (χ3v) is 4.08. The molecule has 7 nitrogen and oxygen atoms in total. The van der Waals surface area contributed by atoms with Gasteiger partial charge in [-0.3, -0.25) is 14.3 Å². The van der Waals surface area contributed by atoms with Gasteiger partial charge in [-0.25, -0.2) is 0 Å². The van der Waals surface area contributed by atoms with E-state index in [-0.39, 0.29) is 24.5 Å². The van der Waals surface area contributed by atoms with Gasteiger partial charge in [0.15, 0.2) is 0 Å². The molecular formula is C16H17ClN4O3. The fourth-order valence-electron chi connectivity index (χ4n) is 2.59. The van der Waals surface area contributed by atoms with Gasteiger partial charge in [0.25, 0.3) is 0 Å². The van der Waals surface area contributed by atoms with E-state index in [1.54, 1.807) is 29.3 Å². The first-order valence-corrected chi connectivity index (χ1v) is 7.88. The number of ether oxygens (including phenoxy) is 1. The van der Waals surface area contributed by atoms with Gasteiger partial charge in [0.2, 0.25) is 5.91 Å². The molecule has 0 spiro atoms. The molecule has 1 saturated heterocycles. The maximum Gasteiger partial charge on any atom is 0.327 e. The molecule has 126 valence electrons. The number of carbonyl (C=O) groups excluding carboxylic acids is 2. The first-order valence-electron chi connectivity index (χ1n) is 7.50. The van der Waals surface area contributed by atoms with Crippen molar-refractivity contribution in [2.24, 2.45) is 0 Å². The lowest BCUT2D eigenvalue weighted by Gasteiger charge is -2.17. The zero-order chi connectivity index (χ0) is 17.1. The number of amides is 1. The molecule has 0 bridgehead atoms. The van der Waals surface area contributed by atoms with Crippen LogP contribution in [0.2, 0.25) is 5.02 Å². The van der Waals surface area contributed by atoms with Crippen molar-refractivity contribution in [1.29, 1.82) is 0 Å². The topological polar surface area (TPSA) is 76.5 Å². The summed E-state index contributed by atoms with van der Waals surface area (Å²) in [5, 5.41) is 7.97. The van der Waals surface area contributed by atoms with Crippen LogP contribution in [0.5, 0.6) is 0 Å². The Labute approximate surface area is 144 Å². The molecule has 1 aliphatic rings. The Morgan fingerprint density at radius 2 is 2.12 bits per heavy atom. The minimum atomic E-state index is -0.379. The summed E-state index contributed by atoms with van der Waals surface area (Å²) >= 11 is 5.88. The predicted octanol–water partition coefficient (Wildman–Crippen LogP) is 1.93. The molecule has 2 heterocycles. The van der Waals surface area contributed by atoms with E-state index in [4.69, 9.17) is 11.6 Å². The molecular weight excluding hydrogens is 332 g/mol. The van der Waals surface area contributed by atoms with Gasteiger partial charge in [-0.15, -0.1) is 0 Å². The first kappa shape index (κ1) is 16.3. The third-order valence-electron chi connectivity index (χ3n) is 3.83. The normalized spacial score (nSPS) is 17.2. The highest BCUT2D eigenvalue weighted by molar-refractivity contribution is 6.30. The van der Waals surface area contributed by atoms with Crippen LogP contribution < -0.4 is 10.2 Å². The van der Waals surface area contributed by atoms with Crippen LogP contribution in [0.4, 0.5) is 11.5 Å². The Morgan fingerprint density at radius 1 is 1.38 bits per heavy atom. The zero-order valence-corrected chi connectivity index (χ0v) is 13.9. The van der Waals surface area contributed by atoms with Gasteiger partial charge in [0.05, 0.1) is 7.11 Å². The zero-order valence-electron chi connectivity index (χ0n) is 13.1. The Kier molecular flexibility index (Phi) is 4.71. The molecule has 1 aliphatic heterocycles. The molecule has 1 amide bonds. The second-order valence-electron chi connectivity index (χ2n) is 5.43. The van der Waals surface area contributed by atoms with Crippen LogP contribution in [0, 0.1) is 0 Å². The minimum absolute atomic E-state index is 0.0140. The summed E-state index contributed by atoms with van der Waals surface area (Å²) in [6.07, 6.45) is 2.33. The van der Waals surface area contributed by atoms with Crippen molar-refractivity contribution < 1.29 is 14.3 Å². The summed E-state index contributed by atoms with van der Waals surface area (Å²) in [5.74, 6) is 0.158. The van der Waals surface area contributed by atoms with E-state index in [1.165, 1.54) is 11.8 Å². The number of nitrogens with one attached hydrogen (secondary N) is 1. The SMILES string of the molecule is COC(=O)Cn1ccc(NC2CCN(c3ccc(Cl)cc3)C2=O)n1. The number of hydrogen-bond donors (Lipinski definition) is 1. The molecule has 1 fully saturated rings. The van der Waals surface area contributed by atoms with E-state index in [0.717, 1.165) is 5.69 Å². The van der Waals surface area contributed by atoms with Gasteiger partial charge >= 0.3 is 5.97 Å². The molecule has 3 rings (SSSR count). The van der Waals surface area contributed by atoms with Crippen LogP contribution in [0.3, 0.4) is 0 Å². The quantitative estimate of drug-likeness (QED) is 0.835. The predicted molar refractivity (Wildman–Crippen MR) is 90.1 cm³/mol. The van der Waals surface area contributed by atoms with E-state index in [0.29, 0.717) is 23.8 Å². The molecule has 24 heavy (non-hydrogen) atoms. The summed E-state index contributed by atoms with van der Waals surface area (Å²) in [6.45, 7) is 0.661. The van der Waals surface area contributed by atoms with Crippen LogP contribution in [0.25, 0.3) is 0 Å². The lowest BCUT2D eigenvalue weighted by atomic mass is 10.2. The average Bonchev–Trinajstić information content (AvgIpc) is 3.16. The average molecular weight is 349 g/mol. The van der Waals surface area contributed by atoms with Crippen molar-refractivity contribution in [2.75, 3.05) is 23.9 Å². The molecule has 1 aromatic heterocycles. The summed E-state index contributed by atoms with van der Waals surface area (Å²) in [7, 11) is 1.33. The van der Waals surface area contributed by atoms with Crippen molar-refractivity contribution in [2.45, 2.75) is 19.0 Å². The molecule has 1 aromatic carbocycles. The molecule has 1 atom stereocenters. The van der Waals surface area contributed by atoms with Crippen molar-refractivity contribution in [3.8, 4) is 0 Å². The van der Waals surface area contributed by atoms with E-state index in [2.05, 4.69) is 15.2 Å². The summed E-state index contributed by atoms with van der Waals surface area (Å²) in [5.41, 5.74) is 0.824. The number of rotatable bonds is 5. The molecule has 8 heteroatoms. The fourth-order valence-corrected chi connectivity index (χ4v) is 2.72. The Hall–Kier alpha value is -2.54. The van der Waals surface area contributed by atoms with E-state index in [9.17, 15) is 9.59 Å². The highest BCUT2D eigenvalue weighted by atomic mass is 35.5. The van der Waals surface area contributed by atoms with Gasteiger partial charge in [-0.1, -0.05) is 11.6 Å². The van der Waals surface area contributed by atoms with Gasteiger partial charge < -0.3 is 15.0 Å². The Morgan fingerprint density at radius 3 is 2.83 bits per heavy atom. The van der Waals surface area contributed by atoms with Crippen LogP contribution in [-0.4, -0.2) is 41.4 Å². The molecule has 2 aromatic rings. The van der Waals surface area contributed by atoms with Gasteiger partial charge in [-0.05, 0) is 30.7 Å². The first-order chi connectivity index (χ1) is 11.6. The molecule has 1 unspecified atom stereocenters. The number of carbonyl (C=O) groups is 2. The summed E-state index contributed by atoms with van der Waals surface area (Å²) in [6, 6.07) is 8.56. The maximum absolute atomic E-state index is 12.5. The number of anilines is 2. The second kappa shape index (κ2) is 6.92. The van der Waals surface area contributed by atoms with Crippen molar-refractivity contribution in [1.82, 2.24) is 9.78 Å².